The first kappa shape index (κ1) is 16.6. The summed E-state index contributed by atoms with van der Waals surface area (Å²) in [6.07, 6.45) is 2.23. The molecule has 0 aliphatic heterocycles. The summed E-state index contributed by atoms with van der Waals surface area (Å²) in [6.45, 7) is 16.8. The molecule has 0 fully saturated rings. The number of nitrogens with zero attached hydrogens (tertiary/aromatic N) is 1. The van der Waals surface area contributed by atoms with E-state index in [2.05, 4.69) is 59.2 Å². The number of nitrogens with one attached hydrogen (secondary N) is 1. The van der Waals surface area contributed by atoms with Gasteiger partial charge in [0.1, 0.15) is 0 Å². The van der Waals surface area contributed by atoms with Crippen LogP contribution in [0.4, 0.5) is 0 Å². The third-order valence-corrected chi connectivity index (χ3v) is 3.96. The molecule has 1 rings (SSSR count). The van der Waals surface area contributed by atoms with Crippen molar-refractivity contribution in [3.05, 3.63) is 16.1 Å². The van der Waals surface area contributed by atoms with Crippen LogP contribution in [0.1, 0.15) is 65.6 Å². The molecule has 1 N–H and O–H groups in total. The van der Waals surface area contributed by atoms with Gasteiger partial charge in [-0.05, 0) is 18.4 Å². The molecule has 0 aliphatic rings. The number of rotatable bonds is 5. The van der Waals surface area contributed by atoms with Gasteiger partial charge in [0, 0.05) is 23.3 Å². The fraction of sp³-hybridized carbons (Fsp3) is 0.812. The quantitative estimate of drug-likeness (QED) is 0.866. The van der Waals surface area contributed by atoms with Crippen molar-refractivity contribution in [1.82, 2.24) is 10.3 Å². The summed E-state index contributed by atoms with van der Waals surface area (Å²) in [5, 5.41) is 7.08. The van der Waals surface area contributed by atoms with E-state index in [1.807, 2.05) is 0 Å². The number of thiazole rings is 1. The number of hydrogen-bond donors (Lipinski definition) is 1. The topological polar surface area (TPSA) is 24.9 Å². The average Bonchev–Trinajstić information content (AvgIpc) is 2.63. The predicted octanol–water partition coefficient (Wildman–Crippen LogP) is 4.40. The maximum Gasteiger partial charge on any atom is 0.0944 e. The first-order valence-corrected chi connectivity index (χ1v) is 8.18. The van der Waals surface area contributed by atoms with Gasteiger partial charge in [-0.1, -0.05) is 48.5 Å². The van der Waals surface area contributed by atoms with Gasteiger partial charge in [0.15, 0.2) is 0 Å². The number of likely N-dealkylation sites (N-methyl/N-ethyl adjacent to an activating group) is 1. The molecule has 0 aliphatic carbocycles. The zero-order valence-corrected chi connectivity index (χ0v) is 14.4. The normalized spacial score (nSPS) is 14.7. The maximum absolute atomic E-state index is 4.81. The van der Waals surface area contributed by atoms with Crippen molar-refractivity contribution in [2.24, 2.45) is 5.41 Å². The van der Waals surface area contributed by atoms with Crippen LogP contribution in [0.15, 0.2) is 5.38 Å². The summed E-state index contributed by atoms with van der Waals surface area (Å²) < 4.78 is 0. The van der Waals surface area contributed by atoms with Gasteiger partial charge in [0.25, 0.3) is 0 Å². The molecule has 1 aromatic rings. The van der Waals surface area contributed by atoms with E-state index in [-0.39, 0.29) is 5.41 Å². The number of aromatic nitrogens is 1. The van der Waals surface area contributed by atoms with Crippen molar-refractivity contribution in [1.29, 1.82) is 0 Å². The zero-order chi connectivity index (χ0) is 14.7. The molecule has 2 nitrogen and oxygen atoms in total. The van der Waals surface area contributed by atoms with E-state index in [9.17, 15) is 0 Å². The van der Waals surface area contributed by atoms with E-state index in [1.54, 1.807) is 11.3 Å². The van der Waals surface area contributed by atoms with Crippen molar-refractivity contribution >= 4 is 11.3 Å². The molecule has 3 heteroatoms. The van der Waals surface area contributed by atoms with Crippen LogP contribution in [-0.2, 0) is 11.8 Å². The van der Waals surface area contributed by atoms with Crippen LogP contribution < -0.4 is 5.32 Å². The molecule has 0 amide bonds. The molecule has 1 heterocycles. The van der Waals surface area contributed by atoms with Crippen molar-refractivity contribution in [2.45, 2.75) is 72.8 Å². The molecular formula is C16H30N2S. The molecule has 1 aromatic heterocycles. The van der Waals surface area contributed by atoms with Gasteiger partial charge in [0.2, 0.25) is 0 Å². The predicted molar refractivity (Wildman–Crippen MR) is 86.1 cm³/mol. The summed E-state index contributed by atoms with van der Waals surface area (Å²) in [5.41, 5.74) is 1.74. The van der Waals surface area contributed by atoms with Gasteiger partial charge < -0.3 is 5.32 Å². The van der Waals surface area contributed by atoms with E-state index < -0.39 is 0 Å². The second-order valence-electron chi connectivity index (χ2n) is 7.60. The van der Waals surface area contributed by atoms with Gasteiger partial charge in [-0.3, -0.25) is 0 Å². The second-order valence-corrected chi connectivity index (χ2v) is 8.54. The Morgan fingerprint density at radius 2 is 1.84 bits per heavy atom. The van der Waals surface area contributed by atoms with Crippen molar-refractivity contribution < 1.29 is 0 Å². The summed E-state index contributed by atoms with van der Waals surface area (Å²) in [6, 6.07) is 0.531. The SMILES string of the molecule is CCNC(Cc1nc(C(C)(C)C)cs1)CC(C)(C)C. The summed E-state index contributed by atoms with van der Waals surface area (Å²) in [5.74, 6) is 0. The minimum absolute atomic E-state index is 0.159. The van der Waals surface area contributed by atoms with Crippen molar-refractivity contribution in [3.8, 4) is 0 Å². The van der Waals surface area contributed by atoms with E-state index in [0.717, 1.165) is 13.0 Å². The van der Waals surface area contributed by atoms with Crippen LogP contribution >= 0.6 is 11.3 Å². The van der Waals surface area contributed by atoms with Crippen LogP contribution in [0, 0.1) is 5.41 Å². The lowest BCUT2D eigenvalue weighted by Crippen LogP contribution is -2.34. The molecule has 0 radical (unpaired) electrons. The highest BCUT2D eigenvalue weighted by Crippen LogP contribution is 2.27. The molecule has 19 heavy (non-hydrogen) atoms. The Labute approximate surface area is 123 Å². The van der Waals surface area contributed by atoms with E-state index >= 15 is 0 Å². The third-order valence-electron chi connectivity index (χ3n) is 3.09. The smallest absolute Gasteiger partial charge is 0.0944 e. The van der Waals surface area contributed by atoms with Gasteiger partial charge >= 0.3 is 0 Å². The summed E-state index contributed by atoms with van der Waals surface area (Å²) in [4.78, 5) is 4.81. The second kappa shape index (κ2) is 6.36. The van der Waals surface area contributed by atoms with E-state index in [1.165, 1.54) is 17.1 Å². The monoisotopic (exact) mass is 282 g/mol. The Morgan fingerprint density at radius 1 is 1.21 bits per heavy atom. The molecule has 0 saturated carbocycles. The Balaban J connectivity index is 2.71. The van der Waals surface area contributed by atoms with Crippen LogP contribution in [0.5, 0.6) is 0 Å². The minimum atomic E-state index is 0.159. The molecule has 0 aromatic carbocycles. The van der Waals surface area contributed by atoms with Gasteiger partial charge in [0.05, 0.1) is 10.7 Å². The molecule has 0 bridgehead atoms. The first-order chi connectivity index (χ1) is 8.62. The summed E-state index contributed by atoms with van der Waals surface area (Å²) in [7, 11) is 0. The first-order valence-electron chi connectivity index (χ1n) is 7.30. The molecular weight excluding hydrogens is 252 g/mol. The highest BCUT2D eigenvalue weighted by molar-refractivity contribution is 7.09. The Bertz CT molecular complexity index is 382. The average molecular weight is 282 g/mol. The van der Waals surface area contributed by atoms with Gasteiger partial charge in [-0.25, -0.2) is 4.98 Å². The highest BCUT2D eigenvalue weighted by Gasteiger charge is 2.21. The number of hydrogen-bond acceptors (Lipinski definition) is 3. The molecule has 1 unspecified atom stereocenters. The van der Waals surface area contributed by atoms with Crippen LogP contribution in [-0.4, -0.2) is 17.6 Å². The molecule has 110 valence electrons. The minimum Gasteiger partial charge on any atom is -0.314 e. The Hall–Kier alpha value is -0.410. The molecule has 0 spiro atoms. The lowest BCUT2D eigenvalue weighted by atomic mass is 9.87. The van der Waals surface area contributed by atoms with Crippen molar-refractivity contribution in [2.75, 3.05) is 6.54 Å². The van der Waals surface area contributed by atoms with Gasteiger partial charge in [-0.15, -0.1) is 11.3 Å². The van der Waals surface area contributed by atoms with E-state index in [4.69, 9.17) is 4.98 Å². The van der Waals surface area contributed by atoms with Crippen LogP contribution in [0.3, 0.4) is 0 Å². The lowest BCUT2D eigenvalue weighted by molar-refractivity contribution is 0.309. The molecule has 0 saturated heterocycles. The van der Waals surface area contributed by atoms with Crippen molar-refractivity contribution in [3.63, 3.8) is 0 Å². The Kier molecular flexibility index (Phi) is 5.57. The van der Waals surface area contributed by atoms with Crippen LogP contribution in [0.25, 0.3) is 0 Å². The third kappa shape index (κ3) is 6.05. The summed E-state index contributed by atoms with van der Waals surface area (Å²) >= 11 is 1.81. The fourth-order valence-electron chi connectivity index (χ4n) is 2.20. The molecule has 1 atom stereocenters. The lowest BCUT2D eigenvalue weighted by Gasteiger charge is -2.26. The zero-order valence-electron chi connectivity index (χ0n) is 13.6. The highest BCUT2D eigenvalue weighted by atomic mass is 32.1. The fourth-order valence-corrected chi connectivity index (χ4v) is 3.31. The van der Waals surface area contributed by atoms with E-state index in [0.29, 0.717) is 11.5 Å². The van der Waals surface area contributed by atoms with Crippen LogP contribution in [0.2, 0.25) is 0 Å². The Morgan fingerprint density at radius 3 is 2.26 bits per heavy atom. The standard InChI is InChI=1S/C16H30N2S/c1-8-17-12(10-15(2,3)4)9-14-18-13(11-19-14)16(5,6)7/h11-12,17H,8-10H2,1-7H3. The van der Waals surface area contributed by atoms with Gasteiger partial charge in [-0.2, -0.15) is 0 Å². The largest absolute Gasteiger partial charge is 0.314 e. The maximum atomic E-state index is 4.81.